The van der Waals surface area contributed by atoms with E-state index in [4.69, 9.17) is 4.42 Å². The van der Waals surface area contributed by atoms with E-state index in [2.05, 4.69) is 10.3 Å². The van der Waals surface area contributed by atoms with Crippen LogP contribution in [0.3, 0.4) is 0 Å². The van der Waals surface area contributed by atoms with Crippen LogP contribution in [-0.2, 0) is 6.54 Å². The van der Waals surface area contributed by atoms with Gasteiger partial charge in [-0.1, -0.05) is 18.1 Å². The Morgan fingerprint density at radius 2 is 1.96 bits per heavy atom. The Kier molecular flexibility index (Phi) is 3.67. The Bertz CT molecular complexity index is 661. The predicted octanol–water partition coefficient (Wildman–Crippen LogP) is 2.72. The van der Waals surface area contributed by atoms with Gasteiger partial charge in [0, 0.05) is 19.3 Å². The molecule has 3 heterocycles. The van der Waals surface area contributed by atoms with E-state index >= 15 is 0 Å². The van der Waals surface area contributed by atoms with E-state index in [1.807, 2.05) is 11.0 Å². The molecule has 0 bridgehead atoms. The Morgan fingerprint density at radius 1 is 1.17 bits per heavy atom. The van der Waals surface area contributed by atoms with Gasteiger partial charge in [0.15, 0.2) is 5.76 Å². The average Bonchev–Trinajstić information content (AvgIpc) is 3.31. The minimum absolute atomic E-state index is 0.0164. The molecular formula is C17H22N4O2. The molecule has 2 aromatic rings. The van der Waals surface area contributed by atoms with Gasteiger partial charge in [-0.05, 0) is 43.2 Å². The zero-order chi connectivity index (χ0) is 15.7. The Labute approximate surface area is 135 Å². The van der Waals surface area contributed by atoms with Crippen molar-refractivity contribution in [1.82, 2.24) is 19.9 Å². The van der Waals surface area contributed by atoms with Crippen LogP contribution in [0.25, 0.3) is 0 Å². The van der Waals surface area contributed by atoms with Crippen molar-refractivity contribution in [2.75, 3.05) is 13.1 Å². The molecule has 4 rings (SSSR count). The largest absolute Gasteiger partial charge is 0.454 e. The second kappa shape index (κ2) is 5.83. The summed E-state index contributed by atoms with van der Waals surface area (Å²) >= 11 is 0. The molecule has 122 valence electrons. The summed E-state index contributed by atoms with van der Waals surface area (Å²) in [6.07, 6.45) is 11.1. The number of carbonyl (C=O) groups excluding carboxylic acids is 1. The van der Waals surface area contributed by atoms with E-state index in [0.29, 0.717) is 17.7 Å². The number of aromatic nitrogens is 3. The van der Waals surface area contributed by atoms with Crippen LogP contribution in [0.1, 0.15) is 54.8 Å². The molecule has 0 aromatic carbocycles. The molecule has 0 atom stereocenters. The first-order valence-electron chi connectivity index (χ1n) is 8.46. The van der Waals surface area contributed by atoms with Crippen LogP contribution in [0.2, 0.25) is 0 Å². The molecule has 2 aliphatic rings. The number of hydrogen-bond donors (Lipinski definition) is 0. The number of likely N-dealkylation sites (tertiary alicyclic amines) is 1. The monoisotopic (exact) mass is 314 g/mol. The SMILES string of the molecule is O=C(c1ccc(Cn2ccnn2)o1)N1CCC2(CCCC2)CC1. The Morgan fingerprint density at radius 3 is 2.65 bits per heavy atom. The third-order valence-electron chi connectivity index (χ3n) is 5.44. The number of furan rings is 1. The van der Waals surface area contributed by atoms with Crippen molar-refractivity contribution in [3.63, 3.8) is 0 Å². The lowest BCUT2D eigenvalue weighted by Gasteiger charge is -2.39. The normalized spacial score (nSPS) is 20.3. The first-order chi connectivity index (χ1) is 11.2. The molecule has 2 aromatic heterocycles. The van der Waals surface area contributed by atoms with Crippen LogP contribution in [0.4, 0.5) is 0 Å². The van der Waals surface area contributed by atoms with E-state index in [1.54, 1.807) is 23.1 Å². The van der Waals surface area contributed by atoms with Crippen molar-refractivity contribution in [2.24, 2.45) is 5.41 Å². The molecule has 0 unspecified atom stereocenters. The highest BCUT2D eigenvalue weighted by Crippen LogP contribution is 2.46. The summed E-state index contributed by atoms with van der Waals surface area (Å²) in [6.45, 7) is 2.21. The van der Waals surface area contributed by atoms with Crippen LogP contribution in [-0.4, -0.2) is 38.9 Å². The summed E-state index contributed by atoms with van der Waals surface area (Å²) in [7, 11) is 0. The number of piperidine rings is 1. The van der Waals surface area contributed by atoms with Gasteiger partial charge in [0.05, 0.1) is 6.20 Å². The molecular weight excluding hydrogens is 292 g/mol. The smallest absolute Gasteiger partial charge is 0.289 e. The van der Waals surface area contributed by atoms with E-state index in [1.165, 1.54) is 25.7 Å². The molecule has 1 spiro atoms. The molecule has 1 aliphatic heterocycles. The van der Waals surface area contributed by atoms with Gasteiger partial charge < -0.3 is 9.32 Å². The maximum Gasteiger partial charge on any atom is 0.289 e. The summed E-state index contributed by atoms with van der Waals surface area (Å²) in [5, 5.41) is 7.67. The van der Waals surface area contributed by atoms with E-state index < -0.39 is 0 Å². The second-order valence-electron chi connectivity index (χ2n) is 6.87. The minimum Gasteiger partial charge on any atom is -0.454 e. The van der Waals surface area contributed by atoms with Gasteiger partial charge in [-0.25, -0.2) is 4.68 Å². The van der Waals surface area contributed by atoms with Crippen molar-refractivity contribution in [1.29, 1.82) is 0 Å². The lowest BCUT2D eigenvalue weighted by molar-refractivity contribution is 0.0555. The maximum absolute atomic E-state index is 12.6. The molecule has 6 heteroatoms. The summed E-state index contributed by atoms with van der Waals surface area (Å²) in [4.78, 5) is 14.6. The number of nitrogens with zero attached hydrogens (tertiary/aromatic N) is 4. The topological polar surface area (TPSA) is 64.2 Å². The lowest BCUT2D eigenvalue weighted by Crippen LogP contribution is -2.42. The molecule has 23 heavy (non-hydrogen) atoms. The van der Waals surface area contributed by atoms with Crippen molar-refractivity contribution >= 4 is 5.91 Å². The molecule has 1 saturated carbocycles. The van der Waals surface area contributed by atoms with Gasteiger partial charge in [-0.15, -0.1) is 5.10 Å². The Hall–Kier alpha value is -2.11. The average molecular weight is 314 g/mol. The predicted molar refractivity (Wildman–Crippen MR) is 83.9 cm³/mol. The fraction of sp³-hybridized carbons (Fsp3) is 0.588. The zero-order valence-electron chi connectivity index (χ0n) is 13.3. The molecule has 0 N–H and O–H groups in total. The number of rotatable bonds is 3. The van der Waals surface area contributed by atoms with Crippen molar-refractivity contribution in [2.45, 2.75) is 45.1 Å². The van der Waals surface area contributed by atoms with Crippen molar-refractivity contribution < 1.29 is 9.21 Å². The van der Waals surface area contributed by atoms with Crippen LogP contribution in [0.5, 0.6) is 0 Å². The Balaban J connectivity index is 1.38. The number of amides is 1. The molecule has 1 amide bonds. The van der Waals surface area contributed by atoms with E-state index in [-0.39, 0.29) is 5.91 Å². The minimum atomic E-state index is 0.0164. The number of hydrogen-bond acceptors (Lipinski definition) is 4. The van der Waals surface area contributed by atoms with Crippen molar-refractivity contribution in [3.8, 4) is 0 Å². The van der Waals surface area contributed by atoms with Gasteiger partial charge in [-0.3, -0.25) is 4.79 Å². The molecule has 2 fully saturated rings. The fourth-order valence-corrected chi connectivity index (χ4v) is 4.02. The van der Waals surface area contributed by atoms with Gasteiger partial charge in [-0.2, -0.15) is 0 Å². The lowest BCUT2D eigenvalue weighted by atomic mass is 9.77. The third-order valence-corrected chi connectivity index (χ3v) is 5.44. The van der Waals surface area contributed by atoms with Crippen LogP contribution in [0, 0.1) is 5.41 Å². The van der Waals surface area contributed by atoms with Crippen LogP contribution in [0.15, 0.2) is 28.9 Å². The number of carbonyl (C=O) groups is 1. The highest BCUT2D eigenvalue weighted by atomic mass is 16.4. The zero-order valence-corrected chi connectivity index (χ0v) is 13.3. The second-order valence-corrected chi connectivity index (χ2v) is 6.87. The third kappa shape index (κ3) is 2.90. The van der Waals surface area contributed by atoms with E-state index in [9.17, 15) is 4.79 Å². The summed E-state index contributed by atoms with van der Waals surface area (Å²) in [6, 6.07) is 3.62. The van der Waals surface area contributed by atoms with Crippen LogP contribution >= 0.6 is 0 Å². The first-order valence-corrected chi connectivity index (χ1v) is 8.46. The maximum atomic E-state index is 12.6. The highest BCUT2D eigenvalue weighted by molar-refractivity contribution is 5.91. The summed E-state index contributed by atoms with van der Waals surface area (Å²) < 4.78 is 7.39. The quantitative estimate of drug-likeness (QED) is 0.874. The summed E-state index contributed by atoms with van der Waals surface area (Å²) in [5.74, 6) is 1.17. The standard InChI is InChI=1S/C17H22N4O2/c22-16(20-10-7-17(8-11-20)5-1-2-6-17)15-4-3-14(23-15)13-21-12-9-18-19-21/h3-4,9,12H,1-2,5-8,10-11,13H2. The van der Waals surface area contributed by atoms with Gasteiger partial charge in [0.1, 0.15) is 12.3 Å². The first kappa shape index (κ1) is 14.5. The van der Waals surface area contributed by atoms with Gasteiger partial charge in [0.2, 0.25) is 0 Å². The fourth-order valence-electron chi connectivity index (χ4n) is 4.02. The van der Waals surface area contributed by atoms with Gasteiger partial charge in [0.25, 0.3) is 5.91 Å². The molecule has 0 radical (unpaired) electrons. The highest BCUT2D eigenvalue weighted by Gasteiger charge is 2.38. The molecule has 1 aliphatic carbocycles. The molecule has 1 saturated heterocycles. The van der Waals surface area contributed by atoms with Crippen LogP contribution < -0.4 is 0 Å². The van der Waals surface area contributed by atoms with E-state index in [0.717, 1.165) is 31.7 Å². The van der Waals surface area contributed by atoms with Gasteiger partial charge >= 0.3 is 0 Å². The summed E-state index contributed by atoms with van der Waals surface area (Å²) in [5.41, 5.74) is 0.526. The molecule has 6 nitrogen and oxygen atoms in total. The van der Waals surface area contributed by atoms with Crippen molar-refractivity contribution in [3.05, 3.63) is 36.0 Å².